The summed E-state index contributed by atoms with van der Waals surface area (Å²) in [5, 5.41) is 1.19. The second-order valence-corrected chi connectivity index (χ2v) is 3.07. The highest BCUT2D eigenvalue weighted by molar-refractivity contribution is 5.86. The van der Waals surface area contributed by atoms with Crippen molar-refractivity contribution in [1.82, 2.24) is 9.38 Å². The van der Waals surface area contributed by atoms with Gasteiger partial charge in [0.25, 0.3) is 0 Å². The molecule has 0 atom stereocenters. The molecule has 2 nitrogen and oxygen atoms in total. The van der Waals surface area contributed by atoms with Gasteiger partial charge in [0.2, 0.25) is 0 Å². The van der Waals surface area contributed by atoms with Crippen molar-refractivity contribution in [2.75, 3.05) is 0 Å². The number of pyridine rings is 2. The summed E-state index contributed by atoms with van der Waals surface area (Å²) in [4.78, 5) is 4.09. The molecule has 0 aromatic carbocycles. The molecule has 0 aliphatic heterocycles. The summed E-state index contributed by atoms with van der Waals surface area (Å²) in [5.74, 6) is 0. The molecule has 13 heavy (non-hydrogen) atoms. The zero-order valence-corrected chi connectivity index (χ0v) is 7.01. The van der Waals surface area contributed by atoms with Crippen LogP contribution in [-0.2, 0) is 0 Å². The lowest BCUT2D eigenvalue weighted by atomic mass is 10.3. The predicted octanol–water partition coefficient (Wildman–Crippen LogP) is 2.49. The molecule has 0 aliphatic carbocycles. The first-order chi connectivity index (χ1) is 6.45. The van der Waals surface area contributed by atoms with E-state index in [0.29, 0.717) is 0 Å². The normalized spacial score (nSPS) is 11.1. The molecule has 0 unspecified atom stereocenters. The van der Waals surface area contributed by atoms with E-state index < -0.39 is 0 Å². The van der Waals surface area contributed by atoms with E-state index in [-0.39, 0.29) is 0 Å². The van der Waals surface area contributed by atoms with Crippen LogP contribution in [0.2, 0.25) is 0 Å². The molecule has 3 rings (SSSR count). The molecular weight excluding hydrogens is 160 g/mol. The lowest BCUT2D eigenvalue weighted by Crippen LogP contribution is -1.80. The standard InChI is InChI=1S/C11H8N2/c1-2-6-13-10(3-1)7-9-8-12-5-4-11(9)13/h1-8H. The number of nitrogens with zero attached hydrogens (tertiary/aromatic N) is 2. The molecule has 3 heterocycles. The minimum Gasteiger partial charge on any atom is -0.316 e. The summed E-state index contributed by atoms with van der Waals surface area (Å²) in [6.07, 6.45) is 5.78. The van der Waals surface area contributed by atoms with E-state index in [4.69, 9.17) is 0 Å². The Morgan fingerprint density at radius 3 is 3.15 bits per heavy atom. The summed E-state index contributed by atoms with van der Waals surface area (Å²) < 4.78 is 2.16. The third-order valence-electron chi connectivity index (χ3n) is 2.28. The van der Waals surface area contributed by atoms with Gasteiger partial charge in [-0.05, 0) is 24.3 Å². The second-order valence-electron chi connectivity index (χ2n) is 3.07. The van der Waals surface area contributed by atoms with E-state index in [1.165, 1.54) is 16.4 Å². The summed E-state index contributed by atoms with van der Waals surface area (Å²) in [5.41, 5.74) is 2.43. The minimum absolute atomic E-state index is 1.19. The zero-order chi connectivity index (χ0) is 8.67. The molecule has 0 saturated carbocycles. The molecule has 0 spiro atoms. The number of aromatic nitrogens is 2. The highest BCUT2D eigenvalue weighted by atomic mass is 14.9. The van der Waals surface area contributed by atoms with Gasteiger partial charge in [0.15, 0.2) is 0 Å². The Morgan fingerprint density at radius 1 is 1.15 bits per heavy atom. The first-order valence-corrected chi connectivity index (χ1v) is 4.25. The second kappa shape index (κ2) is 2.33. The molecule has 3 aromatic heterocycles. The monoisotopic (exact) mass is 168 g/mol. The van der Waals surface area contributed by atoms with Gasteiger partial charge >= 0.3 is 0 Å². The molecule has 62 valence electrons. The largest absolute Gasteiger partial charge is 0.316 e. The Labute approximate surface area is 75.5 Å². The Morgan fingerprint density at radius 2 is 2.15 bits per heavy atom. The number of rotatable bonds is 0. The maximum atomic E-state index is 4.09. The van der Waals surface area contributed by atoms with E-state index in [0.717, 1.165) is 0 Å². The fraction of sp³-hybridized carbons (Fsp3) is 0. The topological polar surface area (TPSA) is 17.3 Å². The third-order valence-corrected chi connectivity index (χ3v) is 2.28. The van der Waals surface area contributed by atoms with Gasteiger partial charge in [-0.2, -0.15) is 0 Å². The van der Waals surface area contributed by atoms with Crippen LogP contribution in [0.1, 0.15) is 0 Å². The van der Waals surface area contributed by atoms with E-state index in [1.54, 1.807) is 0 Å². The zero-order valence-electron chi connectivity index (χ0n) is 7.01. The average molecular weight is 168 g/mol. The van der Waals surface area contributed by atoms with Gasteiger partial charge in [-0.3, -0.25) is 4.98 Å². The Hall–Kier alpha value is -1.83. The van der Waals surface area contributed by atoms with E-state index in [2.05, 4.69) is 27.7 Å². The van der Waals surface area contributed by atoms with Crippen molar-refractivity contribution >= 4 is 16.4 Å². The summed E-state index contributed by atoms with van der Waals surface area (Å²) in [7, 11) is 0. The van der Waals surface area contributed by atoms with Gasteiger partial charge < -0.3 is 4.40 Å². The van der Waals surface area contributed by atoms with Crippen LogP contribution in [0.15, 0.2) is 48.9 Å². The van der Waals surface area contributed by atoms with E-state index in [1.807, 2.05) is 30.6 Å². The molecule has 3 aromatic rings. The van der Waals surface area contributed by atoms with E-state index in [9.17, 15) is 0 Å². The van der Waals surface area contributed by atoms with Crippen molar-refractivity contribution in [3.8, 4) is 0 Å². The molecule has 0 aliphatic rings. The molecule has 0 bridgehead atoms. The number of fused-ring (bicyclic) bond motifs is 3. The third kappa shape index (κ3) is 0.855. The average Bonchev–Trinajstić information content (AvgIpc) is 2.56. The first kappa shape index (κ1) is 6.66. The molecule has 0 amide bonds. The smallest absolute Gasteiger partial charge is 0.0559 e. The number of hydrogen-bond acceptors (Lipinski definition) is 1. The van der Waals surface area contributed by atoms with Gasteiger partial charge in [-0.1, -0.05) is 6.07 Å². The summed E-state index contributed by atoms with van der Waals surface area (Å²) in [6, 6.07) is 10.3. The van der Waals surface area contributed by atoms with Gasteiger partial charge in [-0.15, -0.1) is 0 Å². The molecule has 2 heteroatoms. The minimum atomic E-state index is 1.19. The van der Waals surface area contributed by atoms with E-state index >= 15 is 0 Å². The van der Waals surface area contributed by atoms with Crippen LogP contribution < -0.4 is 0 Å². The molecule has 0 N–H and O–H groups in total. The molecule has 0 fully saturated rings. The van der Waals surface area contributed by atoms with Gasteiger partial charge in [0, 0.05) is 29.5 Å². The van der Waals surface area contributed by atoms with Crippen LogP contribution in [0, 0.1) is 0 Å². The maximum Gasteiger partial charge on any atom is 0.0559 e. The Balaban J connectivity index is 2.64. The molecular formula is C11H8N2. The van der Waals surface area contributed by atoms with Gasteiger partial charge in [0.05, 0.1) is 5.52 Å². The van der Waals surface area contributed by atoms with Gasteiger partial charge in [0.1, 0.15) is 0 Å². The lowest BCUT2D eigenvalue weighted by molar-refractivity contribution is 1.24. The summed E-state index contributed by atoms with van der Waals surface area (Å²) in [6.45, 7) is 0. The van der Waals surface area contributed by atoms with Crippen LogP contribution in [0.25, 0.3) is 16.4 Å². The fourth-order valence-electron chi connectivity index (χ4n) is 1.68. The lowest BCUT2D eigenvalue weighted by Gasteiger charge is -1.93. The maximum absolute atomic E-state index is 4.09. The Bertz CT molecular complexity index is 516. The van der Waals surface area contributed by atoms with Gasteiger partial charge in [-0.25, -0.2) is 0 Å². The molecule has 0 saturated heterocycles. The van der Waals surface area contributed by atoms with Crippen molar-refractivity contribution < 1.29 is 0 Å². The molecule has 0 radical (unpaired) electrons. The highest BCUT2D eigenvalue weighted by Gasteiger charge is 1.99. The van der Waals surface area contributed by atoms with Crippen molar-refractivity contribution in [2.45, 2.75) is 0 Å². The first-order valence-electron chi connectivity index (χ1n) is 4.25. The van der Waals surface area contributed by atoms with Crippen LogP contribution in [-0.4, -0.2) is 9.38 Å². The highest BCUT2D eigenvalue weighted by Crippen LogP contribution is 2.17. The van der Waals surface area contributed by atoms with Crippen molar-refractivity contribution in [1.29, 1.82) is 0 Å². The predicted molar refractivity (Wildman–Crippen MR) is 52.7 cm³/mol. The van der Waals surface area contributed by atoms with Crippen LogP contribution in [0.4, 0.5) is 0 Å². The van der Waals surface area contributed by atoms with Crippen molar-refractivity contribution in [3.05, 3.63) is 48.9 Å². The summed E-state index contributed by atoms with van der Waals surface area (Å²) >= 11 is 0. The quantitative estimate of drug-likeness (QED) is 0.504. The SMILES string of the molecule is c1ccn2c(c1)cc1cnccc12. The van der Waals surface area contributed by atoms with Crippen molar-refractivity contribution in [2.24, 2.45) is 0 Å². The van der Waals surface area contributed by atoms with Crippen LogP contribution in [0.3, 0.4) is 0 Å². The fourth-order valence-corrected chi connectivity index (χ4v) is 1.68. The number of hydrogen-bond donors (Lipinski definition) is 0. The van der Waals surface area contributed by atoms with Crippen LogP contribution in [0.5, 0.6) is 0 Å². The Kier molecular flexibility index (Phi) is 1.19. The van der Waals surface area contributed by atoms with Crippen LogP contribution >= 0.6 is 0 Å². The van der Waals surface area contributed by atoms with Crippen molar-refractivity contribution in [3.63, 3.8) is 0 Å².